The summed E-state index contributed by atoms with van der Waals surface area (Å²) in [7, 11) is 0. The van der Waals surface area contributed by atoms with E-state index in [0.717, 1.165) is 16.5 Å². The van der Waals surface area contributed by atoms with Gasteiger partial charge in [-0.15, -0.1) is 6.42 Å². The molecule has 2 rings (SSSR count). The zero-order chi connectivity index (χ0) is 18.6. The molecule has 5 nitrogen and oxygen atoms in total. The predicted octanol–water partition coefficient (Wildman–Crippen LogP) is 2.57. The molecule has 5 heteroatoms. The van der Waals surface area contributed by atoms with Gasteiger partial charge in [0, 0.05) is 17.1 Å². The number of nitrogens with zero attached hydrogens (tertiary/aromatic N) is 1. The number of fused-ring (bicyclic) bond motifs is 1. The number of terminal acetylenes is 1. The lowest BCUT2D eigenvalue weighted by molar-refractivity contribution is -0.130. The van der Waals surface area contributed by atoms with Crippen LogP contribution in [0.5, 0.6) is 5.75 Å². The second-order valence-corrected chi connectivity index (χ2v) is 6.73. The molecule has 2 N–H and O–H groups in total. The van der Waals surface area contributed by atoms with Crippen molar-refractivity contribution in [1.29, 1.82) is 0 Å². The van der Waals surface area contributed by atoms with Crippen molar-refractivity contribution in [3.63, 3.8) is 0 Å². The van der Waals surface area contributed by atoms with Gasteiger partial charge in [-0.3, -0.25) is 9.78 Å². The normalized spacial score (nSPS) is 12.5. The number of aromatic nitrogens is 1. The maximum absolute atomic E-state index is 12.4. The van der Waals surface area contributed by atoms with Crippen LogP contribution in [0.15, 0.2) is 24.4 Å². The Morgan fingerprint density at radius 1 is 1.44 bits per heavy atom. The van der Waals surface area contributed by atoms with Gasteiger partial charge in [0.15, 0.2) is 6.10 Å². The molecule has 0 saturated heterocycles. The molecule has 0 spiro atoms. The Bertz CT molecular complexity index is 822. The van der Waals surface area contributed by atoms with E-state index in [4.69, 9.17) is 11.2 Å². The molecular formula is C20H24N2O3. The van der Waals surface area contributed by atoms with Crippen LogP contribution < -0.4 is 10.1 Å². The van der Waals surface area contributed by atoms with Crippen molar-refractivity contribution in [3.8, 4) is 18.1 Å². The molecule has 0 fully saturated rings. The van der Waals surface area contributed by atoms with Gasteiger partial charge in [-0.1, -0.05) is 12.8 Å². The Kier molecular flexibility index (Phi) is 5.66. The molecular weight excluding hydrogens is 316 g/mol. The van der Waals surface area contributed by atoms with Gasteiger partial charge in [0.05, 0.1) is 17.7 Å². The van der Waals surface area contributed by atoms with Gasteiger partial charge >= 0.3 is 0 Å². The standard InChI is InChI=1S/C20H24N2O3/c1-6-14-9-15-10-16(8-13(3)18(15)21-11-14)25-17(7-2)19(24)22-20(4,5)12-23/h1,8-11,17,23H,7,12H2,2-5H3,(H,22,24). The number of pyridine rings is 1. The number of rotatable bonds is 6. The van der Waals surface area contributed by atoms with Gasteiger partial charge in [0.2, 0.25) is 0 Å². The van der Waals surface area contributed by atoms with Gasteiger partial charge in [-0.05, 0) is 51.0 Å². The molecule has 132 valence electrons. The first-order chi connectivity index (χ1) is 11.8. The lowest BCUT2D eigenvalue weighted by Gasteiger charge is -2.26. The van der Waals surface area contributed by atoms with Crippen molar-refractivity contribution in [3.05, 3.63) is 35.5 Å². The van der Waals surface area contributed by atoms with Crippen molar-refractivity contribution in [2.75, 3.05) is 6.61 Å². The molecule has 0 aliphatic carbocycles. The number of aliphatic hydroxyl groups is 1. The molecule has 1 unspecified atom stereocenters. The van der Waals surface area contributed by atoms with Crippen LogP contribution in [0.2, 0.25) is 0 Å². The summed E-state index contributed by atoms with van der Waals surface area (Å²) in [6, 6.07) is 5.57. The van der Waals surface area contributed by atoms with Crippen molar-refractivity contribution in [1.82, 2.24) is 10.3 Å². The minimum atomic E-state index is -0.696. The maximum Gasteiger partial charge on any atom is 0.261 e. The van der Waals surface area contributed by atoms with E-state index in [0.29, 0.717) is 17.7 Å². The number of hydrogen-bond acceptors (Lipinski definition) is 4. The van der Waals surface area contributed by atoms with Crippen LogP contribution in [0.25, 0.3) is 10.9 Å². The fraction of sp³-hybridized carbons (Fsp3) is 0.400. The minimum Gasteiger partial charge on any atom is -0.481 e. The number of benzene rings is 1. The van der Waals surface area contributed by atoms with E-state index in [1.54, 1.807) is 20.0 Å². The third kappa shape index (κ3) is 4.49. The van der Waals surface area contributed by atoms with E-state index in [1.165, 1.54) is 0 Å². The van der Waals surface area contributed by atoms with Crippen LogP contribution in [0, 0.1) is 19.3 Å². The summed E-state index contributed by atoms with van der Waals surface area (Å²) in [6.07, 6.45) is 6.96. The summed E-state index contributed by atoms with van der Waals surface area (Å²) in [5, 5.41) is 13.0. The first-order valence-electron chi connectivity index (χ1n) is 8.26. The molecule has 1 atom stereocenters. The zero-order valence-electron chi connectivity index (χ0n) is 15.1. The molecule has 1 heterocycles. The van der Waals surface area contributed by atoms with E-state index >= 15 is 0 Å². The third-order valence-electron chi connectivity index (χ3n) is 3.91. The Hall–Kier alpha value is -2.58. The van der Waals surface area contributed by atoms with Crippen LogP contribution in [0.3, 0.4) is 0 Å². The monoisotopic (exact) mass is 340 g/mol. The van der Waals surface area contributed by atoms with Gasteiger partial charge in [-0.25, -0.2) is 0 Å². The van der Waals surface area contributed by atoms with E-state index in [-0.39, 0.29) is 12.5 Å². The van der Waals surface area contributed by atoms with Gasteiger partial charge in [-0.2, -0.15) is 0 Å². The number of aryl methyl sites for hydroxylation is 1. The lowest BCUT2D eigenvalue weighted by Crippen LogP contribution is -2.51. The summed E-state index contributed by atoms with van der Waals surface area (Å²) in [6.45, 7) is 7.18. The van der Waals surface area contributed by atoms with Crippen molar-refractivity contribution in [2.45, 2.75) is 45.8 Å². The fourth-order valence-corrected chi connectivity index (χ4v) is 2.49. The summed E-state index contributed by atoms with van der Waals surface area (Å²) in [4.78, 5) is 16.8. The van der Waals surface area contributed by atoms with Gasteiger partial charge in [0.1, 0.15) is 5.75 Å². The molecule has 0 radical (unpaired) electrons. The first kappa shape index (κ1) is 18.8. The van der Waals surface area contributed by atoms with Crippen molar-refractivity contribution >= 4 is 16.8 Å². The van der Waals surface area contributed by atoms with Crippen LogP contribution in [-0.2, 0) is 4.79 Å². The minimum absolute atomic E-state index is 0.148. The molecule has 0 aliphatic heterocycles. The van der Waals surface area contributed by atoms with Crippen molar-refractivity contribution < 1.29 is 14.6 Å². The van der Waals surface area contributed by atoms with Crippen LogP contribution >= 0.6 is 0 Å². The average molecular weight is 340 g/mol. The molecule has 0 aliphatic rings. The Labute approximate surface area is 148 Å². The van der Waals surface area contributed by atoms with Gasteiger partial charge in [0.25, 0.3) is 5.91 Å². The lowest BCUT2D eigenvalue weighted by atomic mass is 10.1. The summed E-state index contributed by atoms with van der Waals surface area (Å²) < 4.78 is 5.91. The molecule has 1 aromatic heterocycles. The molecule has 0 saturated carbocycles. The quantitative estimate of drug-likeness (QED) is 0.793. The molecule has 2 aromatic rings. The zero-order valence-corrected chi connectivity index (χ0v) is 15.1. The van der Waals surface area contributed by atoms with Crippen LogP contribution in [-0.4, -0.2) is 34.2 Å². The smallest absolute Gasteiger partial charge is 0.261 e. The largest absolute Gasteiger partial charge is 0.481 e. The van der Waals surface area contributed by atoms with E-state index in [2.05, 4.69) is 16.2 Å². The van der Waals surface area contributed by atoms with Crippen LogP contribution in [0.4, 0.5) is 0 Å². The highest BCUT2D eigenvalue weighted by Gasteiger charge is 2.25. The number of hydrogen-bond donors (Lipinski definition) is 2. The summed E-state index contributed by atoms with van der Waals surface area (Å²) >= 11 is 0. The Balaban J connectivity index is 2.28. The summed E-state index contributed by atoms with van der Waals surface area (Å²) in [5.74, 6) is 2.90. The molecule has 1 amide bonds. The highest BCUT2D eigenvalue weighted by Crippen LogP contribution is 2.25. The number of aliphatic hydroxyl groups excluding tert-OH is 1. The highest BCUT2D eigenvalue weighted by atomic mass is 16.5. The third-order valence-corrected chi connectivity index (χ3v) is 3.91. The fourth-order valence-electron chi connectivity index (χ4n) is 2.49. The maximum atomic E-state index is 12.4. The SMILES string of the molecule is C#Cc1cnc2c(C)cc(OC(CC)C(=O)NC(C)(C)CO)cc2c1. The first-order valence-corrected chi connectivity index (χ1v) is 8.26. The van der Waals surface area contributed by atoms with Gasteiger partial charge < -0.3 is 15.2 Å². The van der Waals surface area contributed by atoms with E-state index in [1.807, 2.05) is 32.0 Å². The number of carbonyl (C=O) groups excluding carboxylic acids is 1. The Morgan fingerprint density at radius 3 is 2.76 bits per heavy atom. The molecule has 0 bridgehead atoms. The van der Waals surface area contributed by atoms with E-state index in [9.17, 15) is 9.90 Å². The van der Waals surface area contributed by atoms with E-state index < -0.39 is 11.6 Å². The second-order valence-electron chi connectivity index (χ2n) is 6.73. The second kappa shape index (κ2) is 7.54. The molecule has 1 aromatic carbocycles. The number of ether oxygens (including phenoxy) is 1. The topological polar surface area (TPSA) is 71.5 Å². The van der Waals surface area contributed by atoms with Crippen LogP contribution in [0.1, 0.15) is 38.3 Å². The van der Waals surface area contributed by atoms with Crippen molar-refractivity contribution in [2.24, 2.45) is 0 Å². The number of carbonyl (C=O) groups is 1. The summed E-state index contributed by atoms with van der Waals surface area (Å²) in [5.41, 5.74) is 1.80. The number of nitrogens with one attached hydrogen (secondary N) is 1. The highest BCUT2D eigenvalue weighted by molar-refractivity contribution is 5.85. The Morgan fingerprint density at radius 2 is 2.16 bits per heavy atom. The average Bonchev–Trinajstić information content (AvgIpc) is 2.58. The predicted molar refractivity (Wildman–Crippen MR) is 98.4 cm³/mol. The number of amides is 1. The molecule has 25 heavy (non-hydrogen) atoms.